The second kappa shape index (κ2) is 5.54. The highest BCUT2D eigenvalue weighted by molar-refractivity contribution is 5.29. The van der Waals surface area contributed by atoms with E-state index in [1.165, 1.54) is 12.1 Å². The summed E-state index contributed by atoms with van der Waals surface area (Å²) in [5.74, 6) is -0.0316. The third-order valence-electron chi connectivity index (χ3n) is 1.71. The normalized spacial score (nSPS) is 10.2. The largest absolute Gasteiger partial charge is 0.491 e. The number of halogens is 2. The van der Waals surface area contributed by atoms with E-state index in [4.69, 9.17) is 10.5 Å². The Labute approximate surface area is 81.7 Å². The first-order valence-electron chi connectivity index (χ1n) is 4.44. The van der Waals surface area contributed by atoms with E-state index < -0.39 is 6.67 Å². The molecule has 0 aliphatic rings. The van der Waals surface area contributed by atoms with E-state index in [1.807, 2.05) is 0 Å². The first-order valence-corrected chi connectivity index (χ1v) is 4.44. The van der Waals surface area contributed by atoms with Crippen molar-refractivity contribution in [3.05, 3.63) is 29.6 Å². The summed E-state index contributed by atoms with van der Waals surface area (Å²) in [6.45, 7) is -0.180. The van der Waals surface area contributed by atoms with Crippen LogP contribution in [0.15, 0.2) is 18.2 Å². The maximum absolute atomic E-state index is 13.0. The molecule has 2 N–H and O–H groups in total. The lowest BCUT2D eigenvalue weighted by Gasteiger charge is -2.06. The van der Waals surface area contributed by atoms with Gasteiger partial charge >= 0.3 is 0 Å². The zero-order valence-corrected chi connectivity index (χ0v) is 7.80. The second-order valence-corrected chi connectivity index (χ2v) is 2.87. The average Bonchev–Trinajstić information content (AvgIpc) is 2.14. The van der Waals surface area contributed by atoms with Gasteiger partial charge in [0.15, 0.2) is 0 Å². The van der Waals surface area contributed by atoms with Crippen molar-refractivity contribution >= 4 is 0 Å². The van der Waals surface area contributed by atoms with Crippen LogP contribution in [0.2, 0.25) is 0 Å². The second-order valence-electron chi connectivity index (χ2n) is 2.87. The standard InChI is InChI=1S/C10H13F2NO/c11-2-4-14-10-6-8(1-3-13)5-9(12)7-10/h5-7H,1-4,13H2. The van der Waals surface area contributed by atoms with Gasteiger partial charge in [0.1, 0.15) is 24.8 Å². The molecular formula is C10H13F2NO. The van der Waals surface area contributed by atoms with Gasteiger partial charge in [0.25, 0.3) is 0 Å². The minimum atomic E-state index is -0.581. The molecule has 0 heterocycles. The van der Waals surface area contributed by atoms with Crippen LogP contribution < -0.4 is 10.5 Å². The summed E-state index contributed by atoms with van der Waals surface area (Å²) in [6.07, 6.45) is 0.587. The molecule has 0 atom stereocenters. The predicted octanol–water partition coefficient (Wildman–Crippen LogP) is 1.68. The molecule has 0 saturated carbocycles. The van der Waals surface area contributed by atoms with Gasteiger partial charge in [-0.2, -0.15) is 0 Å². The number of nitrogens with two attached hydrogens (primary N) is 1. The van der Waals surface area contributed by atoms with Gasteiger partial charge in [-0.1, -0.05) is 0 Å². The molecule has 0 saturated heterocycles. The minimum absolute atomic E-state index is 0.0501. The molecule has 1 rings (SSSR count). The van der Waals surface area contributed by atoms with Gasteiger partial charge in [0.05, 0.1) is 0 Å². The van der Waals surface area contributed by atoms with E-state index in [-0.39, 0.29) is 12.4 Å². The molecule has 0 aromatic heterocycles. The number of ether oxygens (including phenoxy) is 1. The molecule has 0 spiro atoms. The molecule has 0 aliphatic heterocycles. The first-order chi connectivity index (χ1) is 6.76. The molecule has 2 nitrogen and oxygen atoms in total. The van der Waals surface area contributed by atoms with Crippen molar-refractivity contribution in [1.29, 1.82) is 0 Å². The summed E-state index contributed by atoms with van der Waals surface area (Å²) >= 11 is 0. The van der Waals surface area contributed by atoms with Crippen LogP contribution in [0, 0.1) is 5.82 Å². The average molecular weight is 201 g/mol. The fraction of sp³-hybridized carbons (Fsp3) is 0.400. The Hall–Kier alpha value is -1.16. The van der Waals surface area contributed by atoms with Gasteiger partial charge in [-0.15, -0.1) is 0 Å². The number of benzene rings is 1. The van der Waals surface area contributed by atoms with Gasteiger partial charge < -0.3 is 10.5 Å². The van der Waals surface area contributed by atoms with Crippen molar-refractivity contribution in [2.75, 3.05) is 19.8 Å². The van der Waals surface area contributed by atoms with Crippen molar-refractivity contribution < 1.29 is 13.5 Å². The summed E-state index contributed by atoms with van der Waals surface area (Å²) < 4.78 is 29.7. The van der Waals surface area contributed by atoms with Crippen molar-refractivity contribution in [2.45, 2.75) is 6.42 Å². The van der Waals surface area contributed by atoms with Gasteiger partial charge in [0, 0.05) is 6.07 Å². The van der Waals surface area contributed by atoms with Gasteiger partial charge in [-0.25, -0.2) is 8.78 Å². The van der Waals surface area contributed by atoms with Crippen LogP contribution in [0.25, 0.3) is 0 Å². The highest BCUT2D eigenvalue weighted by atomic mass is 19.1. The van der Waals surface area contributed by atoms with E-state index in [0.29, 0.717) is 18.7 Å². The van der Waals surface area contributed by atoms with Crippen molar-refractivity contribution in [3.63, 3.8) is 0 Å². The Balaban J connectivity index is 2.73. The fourth-order valence-corrected chi connectivity index (χ4v) is 1.17. The topological polar surface area (TPSA) is 35.2 Å². The summed E-state index contributed by atoms with van der Waals surface area (Å²) in [6, 6.07) is 4.30. The Morgan fingerprint density at radius 1 is 1.29 bits per heavy atom. The van der Waals surface area contributed by atoms with Gasteiger partial charge in [0.2, 0.25) is 0 Å². The molecule has 0 fully saturated rings. The Bertz CT molecular complexity index is 291. The van der Waals surface area contributed by atoms with Crippen LogP contribution in [-0.4, -0.2) is 19.8 Å². The van der Waals surface area contributed by atoms with E-state index >= 15 is 0 Å². The van der Waals surface area contributed by atoms with Crippen LogP contribution in [0.5, 0.6) is 5.75 Å². The quantitative estimate of drug-likeness (QED) is 0.786. The van der Waals surface area contributed by atoms with E-state index in [9.17, 15) is 8.78 Å². The molecule has 0 amide bonds. The monoisotopic (exact) mass is 201 g/mol. The maximum Gasteiger partial charge on any atom is 0.127 e. The van der Waals surface area contributed by atoms with E-state index in [0.717, 1.165) is 5.56 Å². The van der Waals surface area contributed by atoms with Gasteiger partial charge in [-0.3, -0.25) is 0 Å². The molecule has 14 heavy (non-hydrogen) atoms. The van der Waals surface area contributed by atoms with Crippen LogP contribution in [0.3, 0.4) is 0 Å². The molecule has 0 radical (unpaired) electrons. The molecular weight excluding hydrogens is 188 g/mol. The zero-order valence-electron chi connectivity index (χ0n) is 7.80. The molecule has 0 aliphatic carbocycles. The molecule has 0 bridgehead atoms. The first kappa shape index (κ1) is 10.9. The predicted molar refractivity (Wildman–Crippen MR) is 50.6 cm³/mol. The molecule has 1 aromatic carbocycles. The van der Waals surface area contributed by atoms with Crippen LogP contribution in [0.4, 0.5) is 8.78 Å². The molecule has 4 heteroatoms. The van der Waals surface area contributed by atoms with Crippen LogP contribution in [-0.2, 0) is 6.42 Å². The minimum Gasteiger partial charge on any atom is -0.491 e. The molecule has 1 aromatic rings. The van der Waals surface area contributed by atoms with Crippen molar-refractivity contribution in [2.24, 2.45) is 5.73 Å². The SMILES string of the molecule is NCCc1cc(F)cc(OCCF)c1. The Morgan fingerprint density at radius 2 is 2.07 bits per heavy atom. The lowest BCUT2D eigenvalue weighted by atomic mass is 10.1. The summed E-state index contributed by atoms with van der Waals surface area (Å²) in [4.78, 5) is 0. The molecule has 0 unspecified atom stereocenters. The van der Waals surface area contributed by atoms with Crippen LogP contribution in [0.1, 0.15) is 5.56 Å². The third-order valence-corrected chi connectivity index (χ3v) is 1.71. The maximum atomic E-state index is 13.0. The summed E-state index contributed by atoms with van der Waals surface area (Å²) in [5, 5.41) is 0. The number of rotatable bonds is 5. The number of hydrogen-bond acceptors (Lipinski definition) is 2. The molecule has 78 valence electrons. The lowest BCUT2D eigenvalue weighted by molar-refractivity contribution is 0.272. The Morgan fingerprint density at radius 3 is 2.71 bits per heavy atom. The zero-order chi connectivity index (χ0) is 10.4. The lowest BCUT2D eigenvalue weighted by Crippen LogP contribution is -2.04. The van der Waals surface area contributed by atoms with E-state index in [2.05, 4.69) is 0 Å². The highest BCUT2D eigenvalue weighted by Crippen LogP contribution is 2.16. The van der Waals surface area contributed by atoms with Crippen molar-refractivity contribution in [1.82, 2.24) is 0 Å². The highest BCUT2D eigenvalue weighted by Gasteiger charge is 2.01. The Kier molecular flexibility index (Phi) is 4.32. The summed E-state index contributed by atoms with van der Waals surface area (Å²) in [5.41, 5.74) is 6.10. The number of alkyl halides is 1. The van der Waals surface area contributed by atoms with Crippen molar-refractivity contribution in [3.8, 4) is 5.75 Å². The fourth-order valence-electron chi connectivity index (χ4n) is 1.17. The summed E-state index contributed by atoms with van der Waals surface area (Å²) in [7, 11) is 0. The van der Waals surface area contributed by atoms with E-state index in [1.54, 1.807) is 6.07 Å². The van der Waals surface area contributed by atoms with Gasteiger partial charge in [-0.05, 0) is 30.7 Å². The number of hydrogen-bond donors (Lipinski definition) is 1. The smallest absolute Gasteiger partial charge is 0.127 e. The van der Waals surface area contributed by atoms with Crippen LogP contribution >= 0.6 is 0 Å². The third kappa shape index (κ3) is 3.30.